The lowest BCUT2D eigenvalue weighted by molar-refractivity contribution is -0.137. The normalized spacial score (nSPS) is 19.8. The zero-order valence-electron chi connectivity index (χ0n) is 10.8. The van der Waals surface area contributed by atoms with Crippen LogP contribution in [0.5, 0.6) is 0 Å². The van der Waals surface area contributed by atoms with Crippen molar-refractivity contribution in [3.05, 3.63) is 0 Å². The van der Waals surface area contributed by atoms with Crippen LogP contribution in [0.15, 0.2) is 0 Å². The van der Waals surface area contributed by atoms with Crippen molar-refractivity contribution in [2.45, 2.75) is 59.3 Å². The Morgan fingerprint density at radius 3 is 2.12 bits per heavy atom. The molecule has 2 nitrogen and oxygen atoms in total. The van der Waals surface area contributed by atoms with Gasteiger partial charge in [0.2, 0.25) is 0 Å². The molecule has 0 saturated heterocycles. The fourth-order valence-electron chi connectivity index (χ4n) is 2.70. The second-order valence-corrected chi connectivity index (χ2v) is 5.25. The Morgan fingerprint density at radius 2 is 1.69 bits per heavy atom. The standard InChI is InChI=1S/C14H24O2/c1-4-12(15)13(14(16)10(2)3)11-8-6-5-7-9-11/h10-11,13H,4-9H2,1-3H3. The second-order valence-electron chi connectivity index (χ2n) is 5.25. The van der Waals surface area contributed by atoms with Crippen molar-refractivity contribution in [2.75, 3.05) is 0 Å². The van der Waals surface area contributed by atoms with E-state index in [0.717, 1.165) is 12.8 Å². The molecule has 2 heteroatoms. The predicted molar refractivity (Wildman–Crippen MR) is 65.2 cm³/mol. The number of hydrogen-bond acceptors (Lipinski definition) is 2. The summed E-state index contributed by atoms with van der Waals surface area (Å²) in [5.41, 5.74) is 0. The van der Waals surface area contributed by atoms with E-state index >= 15 is 0 Å². The number of hydrogen-bond donors (Lipinski definition) is 0. The quantitative estimate of drug-likeness (QED) is 0.671. The van der Waals surface area contributed by atoms with Crippen LogP contribution in [-0.4, -0.2) is 11.6 Å². The highest BCUT2D eigenvalue weighted by Crippen LogP contribution is 2.32. The van der Waals surface area contributed by atoms with Crippen molar-refractivity contribution in [1.82, 2.24) is 0 Å². The lowest BCUT2D eigenvalue weighted by Crippen LogP contribution is -2.35. The summed E-state index contributed by atoms with van der Waals surface area (Å²) in [6, 6.07) is 0. The van der Waals surface area contributed by atoms with Crippen molar-refractivity contribution in [1.29, 1.82) is 0 Å². The Balaban J connectivity index is 2.77. The van der Waals surface area contributed by atoms with E-state index in [0.29, 0.717) is 12.3 Å². The average molecular weight is 224 g/mol. The van der Waals surface area contributed by atoms with Crippen LogP contribution < -0.4 is 0 Å². The Bertz CT molecular complexity index is 249. The van der Waals surface area contributed by atoms with Crippen molar-refractivity contribution in [2.24, 2.45) is 17.8 Å². The summed E-state index contributed by atoms with van der Waals surface area (Å²) in [4.78, 5) is 24.1. The molecule has 0 aromatic carbocycles. The summed E-state index contributed by atoms with van der Waals surface area (Å²) < 4.78 is 0. The van der Waals surface area contributed by atoms with Crippen LogP contribution in [0.2, 0.25) is 0 Å². The molecule has 0 spiro atoms. The van der Waals surface area contributed by atoms with Gasteiger partial charge in [0.15, 0.2) is 0 Å². The highest BCUT2D eigenvalue weighted by molar-refractivity contribution is 6.03. The minimum atomic E-state index is -0.301. The number of carbonyl (C=O) groups is 2. The van der Waals surface area contributed by atoms with E-state index in [-0.39, 0.29) is 23.4 Å². The molecule has 1 aliphatic rings. The average Bonchev–Trinajstić information content (AvgIpc) is 2.30. The van der Waals surface area contributed by atoms with E-state index in [1.165, 1.54) is 19.3 Å². The van der Waals surface area contributed by atoms with E-state index in [4.69, 9.17) is 0 Å². The first-order chi connectivity index (χ1) is 7.57. The zero-order chi connectivity index (χ0) is 12.1. The lowest BCUT2D eigenvalue weighted by atomic mass is 9.73. The van der Waals surface area contributed by atoms with Gasteiger partial charge in [-0.05, 0) is 18.8 Å². The monoisotopic (exact) mass is 224 g/mol. The van der Waals surface area contributed by atoms with Gasteiger partial charge >= 0.3 is 0 Å². The summed E-state index contributed by atoms with van der Waals surface area (Å²) in [6.07, 6.45) is 6.26. The van der Waals surface area contributed by atoms with E-state index < -0.39 is 0 Å². The molecule has 0 N–H and O–H groups in total. The maximum Gasteiger partial charge on any atom is 0.146 e. The summed E-state index contributed by atoms with van der Waals surface area (Å²) in [7, 11) is 0. The van der Waals surface area contributed by atoms with Gasteiger partial charge in [0.05, 0.1) is 5.92 Å². The van der Waals surface area contributed by atoms with Gasteiger partial charge in [-0.2, -0.15) is 0 Å². The van der Waals surface area contributed by atoms with Crippen molar-refractivity contribution >= 4 is 11.6 Å². The zero-order valence-corrected chi connectivity index (χ0v) is 10.8. The molecule has 92 valence electrons. The summed E-state index contributed by atoms with van der Waals surface area (Å²) in [5.74, 6) is 0.341. The molecular formula is C14H24O2. The number of rotatable bonds is 5. The molecule has 0 heterocycles. The molecule has 1 aliphatic carbocycles. The molecule has 1 saturated carbocycles. The first kappa shape index (κ1) is 13.4. The molecule has 1 unspecified atom stereocenters. The summed E-state index contributed by atoms with van der Waals surface area (Å²) in [6.45, 7) is 5.67. The fourth-order valence-corrected chi connectivity index (χ4v) is 2.70. The first-order valence-corrected chi connectivity index (χ1v) is 6.64. The minimum Gasteiger partial charge on any atom is -0.299 e. The number of ketones is 2. The van der Waals surface area contributed by atoms with Crippen molar-refractivity contribution in [3.63, 3.8) is 0 Å². The van der Waals surface area contributed by atoms with Crippen LogP contribution in [0.4, 0.5) is 0 Å². The lowest BCUT2D eigenvalue weighted by Gasteiger charge is -2.29. The first-order valence-electron chi connectivity index (χ1n) is 6.64. The van der Waals surface area contributed by atoms with E-state index in [2.05, 4.69) is 0 Å². The Labute approximate surface area is 98.8 Å². The summed E-state index contributed by atoms with van der Waals surface area (Å²) >= 11 is 0. The third-order valence-electron chi connectivity index (χ3n) is 3.69. The van der Waals surface area contributed by atoms with Crippen LogP contribution >= 0.6 is 0 Å². The van der Waals surface area contributed by atoms with Crippen LogP contribution in [-0.2, 0) is 9.59 Å². The largest absolute Gasteiger partial charge is 0.299 e. The van der Waals surface area contributed by atoms with Gasteiger partial charge in [-0.3, -0.25) is 9.59 Å². The third-order valence-corrected chi connectivity index (χ3v) is 3.69. The summed E-state index contributed by atoms with van der Waals surface area (Å²) in [5, 5.41) is 0. The van der Waals surface area contributed by atoms with Gasteiger partial charge in [0, 0.05) is 12.3 Å². The van der Waals surface area contributed by atoms with Gasteiger partial charge in [-0.1, -0.05) is 40.0 Å². The molecule has 0 radical (unpaired) electrons. The Hall–Kier alpha value is -0.660. The topological polar surface area (TPSA) is 34.1 Å². The molecule has 0 aromatic rings. The van der Waals surface area contributed by atoms with Gasteiger partial charge < -0.3 is 0 Å². The van der Waals surface area contributed by atoms with Crippen molar-refractivity contribution < 1.29 is 9.59 Å². The van der Waals surface area contributed by atoms with Crippen LogP contribution in [0.25, 0.3) is 0 Å². The maximum absolute atomic E-state index is 12.1. The molecule has 1 atom stereocenters. The van der Waals surface area contributed by atoms with Crippen molar-refractivity contribution in [3.8, 4) is 0 Å². The highest BCUT2D eigenvalue weighted by atomic mass is 16.2. The molecule has 0 aliphatic heterocycles. The molecule has 1 rings (SSSR count). The Kier molecular flexibility index (Phi) is 5.17. The van der Waals surface area contributed by atoms with Gasteiger partial charge in [0.25, 0.3) is 0 Å². The third kappa shape index (κ3) is 3.16. The van der Waals surface area contributed by atoms with E-state index in [1.807, 2.05) is 20.8 Å². The van der Waals surface area contributed by atoms with Gasteiger partial charge in [-0.25, -0.2) is 0 Å². The number of Topliss-reactive ketones (excluding diaryl/α,β-unsaturated/α-hetero) is 2. The molecule has 0 bridgehead atoms. The number of carbonyl (C=O) groups excluding carboxylic acids is 2. The fraction of sp³-hybridized carbons (Fsp3) is 0.857. The predicted octanol–water partition coefficient (Wildman–Crippen LogP) is 3.39. The van der Waals surface area contributed by atoms with Crippen LogP contribution in [0, 0.1) is 17.8 Å². The Morgan fingerprint density at radius 1 is 1.12 bits per heavy atom. The van der Waals surface area contributed by atoms with E-state index in [1.54, 1.807) is 0 Å². The molecule has 0 amide bonds. The van der Waals surface area contributed by atoms with Gasteiger partial charge in [0.1, 0.15) is 11.6 Å². The molecule has 1 fully saturated rings. The van der Waals surface area contributed by atoms with E-state index in [9.17, 15) is 9.59 Å². The van der Waals surface area contributed by atoms with Crippen LogP contribution in [0.3, 0.4) is 0 Å². The second kappa shape index (κ2) is 6.17. The maximum atomic E-state index is 12.1. The molecular weight excluding hydrogens is 200 g/mol. The smallest absolute Gasteiger partial charge is 0.146 e. The van der Waals surface area contributed by atoms with Crippen LogP contribution in [0.1, 0.15) is 59.3 Å². The molecule has 16 heavy (non-hydrogen) atoms. The highest BCUT2D eigenvalue weighted by Gasteiger charge is 2.34. The minimum absolute atomic E-state index is 0.0116. The molecule has 0 aromatic heterocycles. The van der Waals surface area contributed by atoms with Gasteiger partial charge in [-0.15, -0.1) is 0 Å². The SMILES string of the molecule is CCC(=O)C(C(=O)C(C)C)C1CCCCC1.